The van der Waals surface area contributed by atoms with Crippen LogP contribution in [0.2, 0.25) is 0 Å². The fraction of sp³-hybridized carbons (Fsp3) is 0.529. The molecule has 7 nitrogen and oxygen atoms in total. The summed E-state index contributed by atoms with van der Waals surface area (Å²) in [5.74, 6) is -0.196. The average Bonchev–Trinajstić information content (AvgIpc) is 3.22. The smallest absolute Gasteiger partial charge is 0.271 e. The number of nitrogens with zero attached hydrogens (tertiary/aromatic N) is 4. The summed E-state index contributed by atoms with van der Waals surface area (Å²) in [6.07, 6.45) is 5.37. The van der Waals surface area contributed by atoms with E-state index in [0.717, 1.165) is 5.56 Å². The van der Waals surface area contributed by atoms with E-state index in [1.54, 1.807) is 21.8 Å². The molecule has 0 aliphatic carbocycles. The molecule has 0 N–H and O–H groups in total. The van der Waals surface area contributed by atoms with Crippen molar-refractivity contribution in [2.24, 2.45) is 0 Å². The van der Waals surface area contributed by atoms with Gasteiger partial charge >= 0.3 is 0 Å². The minimum atomic E-state index is -3.18. The molecule has 1 fully saturated rings. The second-order valence-corrected chi connectivity index (χ2v) is 8.88. The minimum absolute atomic E-state index is 0.000454. The van der Waals surface area contributed by atoms with Crippen molar-refractivity contribution in [3.05, 3.63) is 42.0 Å². The van der Waals surface area contributed by atoms with Gasteiger partial charge in [0.05, 0.1) is 23.7 Å². The maximum atomic E-state index is 13.1. The number of rotatable bonds is 4. The van der Waals surface area contributed by atoms with Crippen molar-refractivity contribution in [3.8, 4) is 0 Å². The maximum Gasteiger partial charge on any atom is 0.271 e. The van der Waals surface area contributed by atoms with Crippen LogP contribution in [0.4, 0.5) is 0 Å². The maximum absolute atomic E-state index is 13.1. The highest BCUT2D eigenvalue weighted by molar-refractivity contribution is 7.91. The van der Waals surface area contributed by atoms with E-state index in [0.29, 0.717) is 12.2 Å². The van der Waals surface area contributed by atoms with Crippen molar-refractivity contribution < 1.29 is 13.2 Å². The van der Waals surface area contributed by atoms with Crippen molar-refractivity contribution in [1.29, 1.82) is 0 Å². The van der Waals surface area contributed by atoms with E-state index in [1.807, 2.05) is 43.8 Å². The molecule has 1 aliphatic rings. The number of amides is 1. The summed E-state index contributed by atoms with van der Waals surface area (Å²) >= 11 is 0. The second-order valence-electron chi connectivity index (χ2n) is 6.65. The summed E-state index contributed by atoms with van der Waals surface area (Å²) in [5.41, 5.74) is 1.35. The van der Waals surface area contributed by atoms with Gasteiger partial charge in [0.15, 0.2) is 9.84 Å². The van der Waals surface area contributed by atoms with Crippen LogP contribution in [-0.4, -0.2) is 51.6 Å². The van der Waals surface area contributed by atoms with Crippen molar-refractivity contribution in [2.45, 2.75) is 39.4 Å². The Morgan fingerprint density at radius 2 is 2.16 bits per heavy atom. The normalized spacial score (nSPS) is 20.2. The molecular weight excluding hydrogens is 340 g/mol. The molecule has 0 spiro atoms. The van der Waals surface area contributed by atoms with Gasteiger partial charge in [-0.25, -0.2) is 8.42 Å². The number of aryl methyl sites for hydroxylation is 1. The molecule has 0 unspecified atom stereocenters. The first kappa shape index (κ1) is 17.7. The second kappa shape index (κ2) is 6.67. The first-order valence-electron chi connectivity index (χ1n) is 8.53. The van der Waals surface area contributed by atoms with Crippen LogP contribution in [-0.2, 0) is 16.4 Å². The predicted molar refractivity (Wildman–Crippen MR) is 95.1 cm³/mol. The van der Waals surface area contributed by atoms with E-state index in [1.165, 1.54) is 0 Å². The molecule has 3 rings (SSSR count). The van der Waals surface area contributed by atoms with Crippen LogP contribution >= 0.6 is 0 Å². The van der Waals surface area contributed by atoms with Gasteiger partial charge in [0, 0.05) is 37.1 Å². The fourth-order valence-corrected chi connectivity index (χ4v) is 4.72. The van der Waals surface area contributed by atoms with E-state index in [-0.39, 0.29) is 30.0 Å². The van der Waals surface area contributed by atoms with Gasteiger partial charge < -0.3 is 9.47 Å². The van der Waals surface area contributed by atoms with E-state index < -0.39 is 15.9 Å². The van der Waals surface area contributed by atoms with Gasteiger partial charge in [-0.15, -0.1) is 0 Å². The fourth-order valence-electron chi connectivity index (χ4n) is 3.22. The third kappa shape index (κ3) is 3.49. The third-order valence-electron chi connectivity index (χ3n) is 4.61. The molecule has 8 heteroatoms. The number of hydrogen-bond donors (Lipinski definition) is 0. The summed E-state index contributed by atoms with van der Waals surface area (Å²) in [4.78, 5) is 14.8. The summed E-state index contributed by atoms with van der Waals surface area (Å²) < 4.78 is 28.0. The summed E-state index contributed by atoms with van der Waals surface area (Å²) in [5, 5.41) is 4.24. The van der Waals surface area contributed by atoms with E-state index in [2.05, 4.69) is 5.10 Å². The van der Waals surface area contributed by atoms with Crippen molar-refractivity contribution in [3.63, 3.8) is 0 Å². The number of aromatic nitrogens is 3. The van der Waals surface area contributed by atoms with Crippen LogP contribution < -0.4 is 0 Å². The summed E-state index contributed by atoms with van der Waals surface area (Å²) in [7, 11) is -3.18. The highest BCUT2D eigenvalue weighted by Crippen LogP contribution is 2.28. The average molecular weight is 364 g/mol. The quantitative estimate of drug-likeness (QED) is 0.830. The van der Waals surface area contributed by atoms with Gasteiger partial charge in [-0.2, -0.15) is 5.10 Å². The van der Waals surface area contributed by atoms with E-state index in [4.69, 9.17) is 0 Å². The lowest BCUT2D eigenvalue weighted by molar-refractivity contribution is 0.0684. The Morgan fingerprint density at radius 1 is 1.40 bits per heavy atom. The van der Waals surface area contributed by atoms with E-state index in [9.17, 15) is 13.2 Å². The van der Waals surface area contributed by atoms with Crippen molar-refractivity contribution in [2.75, 3.05) is 18.1 Å². The topological polar surface area (TPSA) is 77.2 Å². The van der Waals surface area contributed by atoms with Gasteiger partial charge in [0.2, 0.25) is 0 Å². The first-order chi connectivity index (χ1) is 11.8. The Labute approximate surface area is 148 Å². The lowest BCUT2D eigenvalue weighted by Gasteiger charge is -2.35. The Kier molecular flexibility index (Phi) is 4.73. The molecular formula is C17H24N4O3S. The van der Waals surface area contributed by atoms with Gasteiger partial charge in [-0.3, -0.25) is 9.48 Å². The van der Waals surface area contributed by atoms with Gasteiger partial charge in [0.1, 0.15) is 5.69 Å². The predicted octanol–water partition coefficient (Wildman–Crippen LogP) is 1.90. The number of carbonyl (C=O) groups is 1. The molecule has 136 valence electrons. The van der Waals surface area contributed by atoms with Crippen LogP contribution in [0, 0.1) is 0 Å². The lowest BCUT2D eigenvalue weighted by atomic mass is 10.1. The molecule has 3 heterocycles. The lowest BCUT2D eigenvalue weighted by Crippen LogP contribution is -2.46. The van der Waals surface area contributed by atoms with Gasteiger partial charge in [-0.05, 0) is 32.9 Å². The van der Waals surface area contributed by atoms with Crippen LogP contribution in [0.5, 0.6) is 0 Å². The Balaban J connectivity index is 1.97. The molecule has 0 aromatic carbocycles. The van der Waals surface area contributed by atoms with Crippen LogP contribution in [0.25, 0.3) is 0 Å². The molecule has 25 heavy (non-hydrogen) atoms. The van der Waals surface area contributed by atoms with Crippen LogP contribution in [0.15, 0.2) is 30.7 Å². The zero-order valence-corrected chi connectivity index (χ0v) is 15.6. The molecule has 0 radical (unpaired) electrons. The minimum Gasteiger partial charge on any atom is -0.341 e. The molecule has 0 saturated carbocycles. The Bertz CT molecular complexity index is 866. The number of carbonyl (C=O) groups excluding carboxylic acids is 1. The highest BCUT2D eigenvalue weighted by Gasteiger charge is 2.37. The molecule has 2 aromatic rings. The molecule has 0 bridgehead atoms. The third-order valence-corrected chi connectivity index (χ3v) is 6.24. The van der Waals surface area contributed by atoms with Gasteiger partial charge in [-0.1, -0.05) is 0 Å². The van der Waals surface area contributed by atoms with E-state index >= 15 is 0 Å². The SMILES string of the molecule is CCn1cc([C@H]2CS(=O)(=O)CCN2C(=O)c2cccn2C(C)C)cn1. The molecule has 1 saturated heterocycles. The summed E-state index contributed by atoms with van der Waals surface area (Å²) in [6.45, 7) is 6.89. The van der Waals surface area contributed by atoms with Gasteiger partial charge in [0.25, 0.3) is 5.91 Å². The first-order valence-corrected chi connectivity index (χ1v) is 10.3. The standard InChI is InChI=1S/C17H24N4O3S/c1-4-19-11-14(10-18-19)16-12-25(23,24)9-8-21(16)17(22)15-6-5-7-20(15)13(2)3/h5-7,10-11,13,16H,4,8-9,12H2,1-3H3/t16-/m1/s1. The largest absolute Gasteiger partial charge is 0.341 e. The molecule has 1 amide bonds. The molecule has 2 aromatic heterocycles. The highest BCUT2D eigenvalue weighted by atomic mass is 32.2. The zero-order valence-electron chi connectivity index (χ0n) is 14.8. The van der Waals surface area contributed by atoms with Crippen molar-refractivity contribution in [1.82, 2.24) is 19.2 Å². The van der Waals surface area contributed by atoms with Crippen LogP contribution in [0.3, 0.4) is 0 Å². The molecule has 1 aliphatic heterocycles. The Hall–Kier alpha value is -2.09. The Morgan fingerprint density at radius 3 is 2.80 bits per heavy atom. The monoisotopic (exact) mass is 364 g/mol. The molecule has 1 atom stereocenters. The zero-order chi connectivity index (χ0) is 18.2. The van der Waals surface area contributed by atoms with Crippen molar-refractivity contribution >= 4 is 15.7 Å². The van der Waals surface area contributed by atoms with Crippen LogP contribution in [0.1, 0.15) is 48.9 Å². The number of sulfone groups is 1. The number of hydrogen-bond acceptors (Lipinski definition) is 4. The summed E-state index contributed by atoms with van der Waals surface area (Å²) in [6, 6.07) is 3.29.